The number of fused-ring (bicyclic) bond motifs is 1. The van der Waals surface area contributed by atoms with Crippen LogP contribution in [-0.4, -0.2) is 36.6 Å². The molecule has 4 rings (SSSR count). The van der Waals surface area contributed by atoms with Gasteiger partial charge in [0.2, 0.25) is 18.6 Å². The third-order valence-electron chi connectivity index (χ3n) is 5.82. The quantitative estimate of drug-likeness (QED) is 0.861. The molecule has 1 fully saturated rings. The maximum absolute atomic E-state index is 13.1. The average molecular weight is 394 g/mol. The van der Waals surface area contributed by atoms with Crippen LogP contribution < -0.4 is 14.8 Å². The molecule has 0 aromatic heterocycles. The van der Waals surface area contributed by atoms with Crippen LogP contribution in [0.25, 0.3) is 0 Å². The molecule has 2 aromatic rings. The highest BCUT2D eigenvalue weighted by molar-refractivity contribution is 5.93. The molecule has 0 aliphatic carbocycles. The van der Waals surface area contributed by atoms with Crippen LogP contribution in [-0.2, 0) is 15.0 Å². The van der Waals surface area contributed by atoms with Crippen LogP contribution in [0.5, 0.6) is 11.5 Å². The Hall–Kier alpha value is -3.02. The lowest BCUT2D eigenvalue weighted by Gasteiger charge is -2.36. The van der Waals surface area contributed by atoms with Gasteiger partial charge in [-0.25, -0.2) is 0 Å². The molecule has 0 unspecified atom stereocenters. The van der Waals surface area contributed by atoms with Gasteiger partial charge in [0.25, 0.3) is 0 Å². The third-order valence-corrected chi connectivity index (χ3v) is 5.82. The lowest BCUT2D eigenvalue weighted by atomic mass is 9.82. The summed E-state index contributed by atoms with van der Waals surface area (Å²) in [4.78, 5) is 27.7. The first-order chi connectivity index (χ1) is 13.9. The van der Waals surface area contributed by atoms with Gasteiger partial charge >= 0.3 is 0 Å². The first kappa shape index (κ1) is 19.3. The summed E-state index contributed by atoms with van der Waals surface area (Å²) in [6, 6.07) is 15.2. The zero-order valence-electron chi connectivity index (χ0n) is 16.8. The molecule has 29 heavy (non-hydrogen) atoms. The monoisotopic (exact) mass is 394 g/mol. The van der Waals surface area contributed by atoms with Gasteiger partial charge in [-0.15, -0.1) is 0 Å². The van der Waals surface area contributed by atoms with E-state index in [-0.39, 0.29) is 24.5 Å². The van der Waals surface area contributed by atoms with Crippen molar-refractivity contribution in [3.63, 3.8) is 0 Å². The number of rotatable bonds is 4. The zero-order valence-corrected chi connectivity index (χ0v) is 16.8. The van der Waals surface area contributed by atoms with Crippen LogP contribution in [0.15, 0.2) is 48.5 Å². The van der Waals surface area contributed by atoms with Crippen molar-refractivity contribution in [1.29, 1.82) is 0 Å². The molecule has 2 amide bonds. The maximum Gasteiger partial charge on any atom is 0.232 e. The third kappa shape index (κ3) is 3.92. The Kier molecular flexibility index (Phi) is 5.18. The van der Waals surface area contributed by atoms with Crippen molar-refractivity contribution in [1.82, 2.24) is 4.90 Å². The Bertz CT molecular complexity index is 902. The van der Waals surface area contributed by atoms with Crippen molar-refractivity contribution in [2.45, 2.75) is 32.1 Å². The summed E-state index contributed by atoms with van der Waals surface area (Å²) in [5.74, 6) is 1.32. The molecule has 1 N–H and O–H groups in total. The van der Waals surface area contributed by atoms with E-state index >= 15 is 0 Å². The highest BCUT2D eigenvalue weighted by Crippen LogP contribution is 2.34. The van der Waals surface area contributed by atoms with Crippen molar-refractivity contribution in [3.8, 4) is 11.5 Å². The van der Waals surface area contributed by atoms with Crippen LogP contribution in [0.1, 0.15) is 32.3 Å². The number of benzene rings is 2. The fourth-order valence-electron chi connectivity index (χ4n) is 3.94. The van der Waals surface area contributed by atoms with Gasteiger partial charge in [0.1, 0.15) is 0 Å². The number of hydrogen-bond donors (Lipinski definition) is 1. The number of amides is 2. The second kappa shape index (κ2) is 7.78. The summed E-state index contributed by atoms with van der Waals surface area (Å²) >= 11 is 0. The Labute approximate surface area is 170 Å². The normalized spacial score (nSPS) is 16.6. The number of nitrogens with one attached hydrogen (secondary N) is 1. The fourth-order valence-corrected chi connectivity index (χ4v) is 3.94. The molecule has 0 spiro atoms. The Balaban J connectivity index is 1.34. The summed E-state index contributed by atoms with van der Waals surface area (Å²) < 4.78 is 10.7. The number of hydrogen-bond acceptors (Lipinski definition) is 4. The summed E-state index contributed by atoms with van der Waals surface area (Å²) in [5, 5.41) is 2.96. The molecule has 152 valence electrons. The smallest absolute Gasteiger partial charge is 0.232 e. The lowest BCUT2D eigenvalue weighted by Crippen LogP contribution is -2.48. The zero-order chi connectivity index (χ0) is 20.4. The summed E-state index contributed by atoms with van der Waals surface area (Å²) in [6.07, 6.45) is 1.32. The summed E-state index contributed by atoms with van der Waals surface area (Å²) in [7, 11) is 0. The van der Waals surface area contributed by atoms with Gasteiger partial charge in [-0.05, 0) is 44.4 Å². The summed E-state index contributed by atoms with van der Waals surface area (Å²) in [5.41, 5.74) is 1.12. The van der Waals surface area contributed by atoms with E-state index in [1.165, 1.54) is 0 Å². The number of anilines is 1. The highest BCUT2D eigenvalue weighted by atomic mass is 16.7. The standard InChI is InChI=1S/C23H26N2O4/c1-23(2,17-6-4-3-5-7-17)22(27)25-12-10-16(11-13-25)21(26)24-18-8-9-19-20(14-18)29-15-28-19/h3-9,14,16H,10-13,15H2,1-2H3,(H,24,26). The molecule has 2 heterocycles. The lowest BCUT2D eigenvalue weighted by molar-refractivity contribution is -0.139. The molecular formula is C23H26N2O4. The Morgan fingerprint density at radius 3 is 2.41 bits per heavy atom. The van der Waals surface area contributed by atoms with Crippen LogP contribution in [0.3, 0.4) is 0 Å². The predicted octanol–water partition coefficient (Wildman–Crippen LogP) is 3.57. The van der Waals surface area contributed by atoms with Crippen LogP contribution in [0.2, 0.25) is 0 Å². The van der Waals surface area contributed by atoms with Gasteiger partial charge in [0.15, 0.2) is 11.5 Å². The minimum atomic E-state index is -0.581. The predicted molar refractivity (Wildman–Crippen MR) is 110 cm³/mol. The summed E-state index contributed by atoms with van der Waals surface area (Å²) in [6.45, 7) is 5.31. The molecule has 6 heteroatoms. The van der Waals surface area contributed by atoms with Gasteiger partial charge in [-0.1, -0.05) is 30.3 Å². The van der Waals surface area contributed by atoms with Crippen LogP contribution in [0.4, 0.5) is 5.69 Å². The van der Waals surface area contributed by atoms with Gasteiger partial charge in [-0.3, -0.25) is 9.59 Å². The number of carbonyl (C=O) groups excluding carboxylic acids is 2. The van der Waals surface area contributed by atoms with Gasteiger partial charge in [-0.2, -0.15) is 0 Å². The molecule has 0 saturated carbocycles. The molecule has 0 bridgehead atoms. The molecule has 1 saturated heterocycles. The largest absolute Gasteiger partial charge is 0.454 e. The second-order valence-corrected chi connectivity index (χ2v) is 8.11. The van der Waals surface area contributed by atoms with Crippen molar-refractivity contribution >= 4 is 17.5 Å². The SMILES string of the molecule is CC(C)(C(=O)N1CCC(C(=O)Nc2ccc3c(c2)OCO3)CC1)c1ccccc1. The van der Waals surface area contributed by atoms with Crippen molar-refractivity contribution in [2.24, 2.45) is 5.92 Å². The molecule has 0 atom stereocenters. The fraction of sp³-hybridized carbons (Fsp3) is 0.391. The van der Waals surface area contributed by atoms with E-state index in [1.54, 1.807) is 12.1 Å². The number of nitrogens with zero attached hydrogens (tertiary/aromatic N) is 1. The van der Waals surface area contributed by atoms with E-state index < -0.39 is 5.41 Å². The van der Waals surface area contributed by atoms with Gasteiger partial charge in [0, 0.05) is 30.8 Å². The second-order valence-electron chi connectivity index (χ2n) is 8.11. The van der Waals surface area contributed by atoms with E-state index in [9.17, 15) is 9.59 Å². The molecule has 6 nitrogen and oxygen atoms in total. The minimum absolute atomic E-state index is 0.0155. The van der Waals surface area contributed by atoms with Crippen LogP contribution >= 0.6 is 0 Å². The van der Waals surface area contributed by atoms with Crippen molar-refractivity contribution in [3.05, 3.63) is 54.1 Å². The van der Waals surface area contributed by atoms with E-state index in [0.717, 1.165) is 5.56 Å². The van der Waals surface area contributed by atoms with Gasteiger partial charge in [0.05, 0.1) is 5.41 Å². The van der Waals surface area contributed by atoms with Crippen molar-refractivity contribution < 1.29 is 19.1 Å². The molecule has 2 aliphatic rings. The average Bonchev–Trinajstić information content (AvgIpc) is 3.22. The minimum Gasteiger partial charge on any atom is -0.454 e. The first-order valence-electron chi connectivity index (χ1n) is 10.0. The molecule has 0 radical (unpaired) electrons. The topological polar surface area (TPSA) is 67.9 Å². The molecule has 2 aliphatic heterocycles. The first-order valence-corrected chi connectivity index (χ1v) is 10.0. The van der Waals surface area contributed by atoms with Crippen molar-refractivity contribution in [2.75, 3.05) is 25.2 Å². The molecule has 2 aromatic carbocycles. The Morgan fingerprint density at radius 1 is 1.00 bits per heavy atom. The number of carbonyl (C=O) groups is 2. The number of piperidine rings is 1. The van der Waals surface area contributed by atoms with E-state index in [4.69, 9.17) is 9.47 Å². The Morgan fingerprint density at radius 2 is 1.69 bits per heavy atom. The van der Waals surface area contributed by atoms with E-state index in [2.05, 4.69) is 5.32 Å². The van der Waals surface area contributed by atoms with Crippen LogP contribution in [0, 0.1) is 5.92 Å². The number of likely N-dealkylation sites (tertiary alicyclic amines) is 1. The van der Waals surface area contributed by atoms with E-state index in [1.807, 2.05) is 55.1 Å². The number of ether oxygens (including phenoxy) is 2. The van der Waals surface area contributed by atoms with Gasteiger partial charge < -0.3 is 19.7 Å². The van der Waals surface area contributed by atoms with E-state index in [0.29, 0.717) is 43.1 Å². The maximum atomic E-state index is 13.1. The molecular weight excluding hydrogens is 368 g/mol. The highest BCUT2D eigenvalue weighted by Gasteiger charge is 2.36.